The molecule has 29 heavy (non-hydrogen) atoms. The molecule has 0 aliphatic rings. The van der Waals surface area contributed by atoms with Crippen LogP contribution in [0.1, 0.15) is 36.8 Å². The molecule has 150 valence electrons. The second-order valence-corrected chi connectivity index (χ2v) is 6.97. The predicted molar refractivity (Wildman–Crippen MR) is 121 cm³/mol. The van der Waals surface area contributed by atoms with Gasteiger partial charge in [0.15, 0.2) is 0 Å². The van der Waals surface area contributed by atoms with E-state index >= 15 is 0 Å². The highest BCUT2D eigenvalue weighted by atomic mass is 16.5. The van der Waals surface area contributed by atoms with Crippen molar-refractivity contribution in [2.45, 2.75) is 13.2 Å². The van der Waals surface area contributed by atoms with Crippen molar-refractivity contribution in [3.05, 3.63) is 95.6 Å². The fourth-order valence-electron chi connectivity index (χ4n) is 3.06. The predicted octanol–water partition coefficient (Wildman–Crippen LogP) is 5.70. The van der Waals surface area contributed by atoms with Gasteiger partial charge in [-0.05, 0) is 72.6 Å². The molecule has 0 spiro atoms. The van der Waals surface area contributed by atoms with Crippen LogP contribution in [0.5, 0.6) is 11.5 Å². The van der Waals surface area contributed by atoms with Crippen LogP contribution in [0, 0.1) is 0 Å². The van der Waals surface area contributed by atoms with Crippen LogP contribution in [-0.2, 0) is 0 Å². The molecule has 0 saturated heterocycles. The Morgan fingerprint density at radius 3 is 2.31 bits per heavy atom. The van der Waals surface area contributed by atoms with Crippen LogP contribution in [0.2, 0.25) is 0 Å². The van der Waals surface area contributed by atoms with Gasteiger partial charge in [0, 0.05) is 13.4 Å². The Kier molecular flexibility index (Phi) is 5.10. The molecule has 3 nitrogen and oxygen atoms in total. The van der Waals surface area contributed by atoms with E-state index in [-0.39, 0.29) is 11.3 Å². The van der Waals surface area contributed by atoms with Gasteiger partial charge in [-0.2, -0.15) is 0 Å². The molecule has 0 amide bonds. The molecule has 0 radical (unpaired) electrons. The molecule has 0 bridgehead atoms. The van der Waals surface area contributed by atoms with Gasteiger partial charge in [0.1, 0.15) is 18.1 Å². The lowest BCUT2D eigenvalue weighted by atomic mass is 9.88. The number of phenols is 1. The van der Waals surface area contributed by atoms with Crippen molar-refractivity contribution in [2.75, 3.05) is 27.2 Å². The van der Waals surface area contributed by atoms with E-state index in [0.717, 1.165) is 6.54 Å². The lowest BCUT2D eigenvalue weighted by Gasteiger charge is -2.17. The first-order valence-corrected chi connectivity index (χ1v) is 9.48. The van der Waals surface area contributed by atoms with Crippen LogP contribution in [-0.4, -0.2) is 37.3 Å². The number of ether oxygens (including phenoxy) is 1. The van der Waals surface area contributed by atoms with Gasteiger partial charge in [-0.3, -0.25) is 0 Å². The van der Waals surface area contributed by atoms with E-state index in [9.17, 15) is 5.11 Å². The second-order valence-electron chi connectivity index (χ2n) is 6.97. The van der Waals surface area contributed by atoms with E-state index in [4.69, 9.17) is 11.6 Å². The highest BCUT2D eigenvalue weighted by Gasteiger charge is 2.13. The van der Waals surface area contributed by atoms with Crippen molar-refractivity contribution in [1.82, 2.24) is 4.90 Å². The van der Waals surface area contributed by atoms with Crippen molar-refractivity contribution in [3.63, 3.8) is 0 Å². The zero-order valence-electron chi connectivity index (χ0n) is 21.7. The average Bonchev–Trinajstić information content (AvgIpc) is 2.77. The Hall–Kier alpha value is -3.04. The van der Waals surface area contributed by atoms with E-state index in [2.05, 4.69) is 0 Å². The Balaban J connectivity index is 2.25. The fraction of sp³-hybridized carbons (Fsp3) is 0.231. The number of benzene rings is 3. The summed E-state index contributed by atoms with van der Waals surface area (Å²) in [6, 6.07) is 22.2. The lowest BCUT2D eigenvalue weighted by Crippen LogP contribution is -2.19. The Labute approximate surface area is 180 Å². The molecule has 3 heteroatoms. The van der Waals surface area contributed by atoms with Gasteiger partial charge in [0.25, 0.3) is 0 Å². The van der Waals surface area contributed by atoms with Gasteiger partial charge < -0.3 is 14.7 Å². The van der Waals surface area contributed by atoms with E-state index < -0.39 is 13.2 Å². The molecular formula is C26H29NO2. The first-order chi connectivity index (χ1) is 16.0. The standard InChI is InChI=1S/C26H29NO2/c1-4-25(20-9-6-5-7-10-20)26(22-11-8-12-23(28)19-22)21-13-15-24(16-14-21)29-18-17-27(2)3/h5-16,19,28H,4,17-18H2,1-3H3/b26-25-/i1D3,4D2. The van der Waals surface area contributed by atoms with Gasteiger partial charge in [-0.15, -0.1) is 0 Å². The van der Waals surface area contributed by atoms with E-state index in [0.29, 0.717) is 34.6 Å². The number of nitrogens with zero attached hydrogens (tertiary/aromatic N) is 1. The molecule has 0 atom stereocenters. The van der Waals surface area contributed by atoms with Crippen molar-refractivity contribution in [3.8, 4) is 11.5 Å². The second kappa shape index (κ2) is 9.94. The molecule has 0 unspecified atom stereocenters. The summed E-state index contributed by atoms with van der Waals surface area (Å²) in [5.74, 6) is 0.654. The molecule has 3 aromatic rings. The summed E-state index contributed by atoms with van der Waals surface area (Å²) in [4.78, 5) is 2.01. The molecule has 0 fully saturated rings. The monoisotopic (exact) mass is 392 g/mol. The smallest absolute Gasteiger partial charge is 0.119 e. The summed E-state index contributed by atoms with van der Waals surface area (Å²) in [6.45, 7) is -1.65. The number of hydrogen-bond donors (Lipinski definition) is 1. The Morgan fingerprint density at radius 2 is 1.66 bits per heavy atom. The summed E-state index contributed by atoms with van der Waals surface area (Å²) in [6.07, 6.45) is -2.67. The maximum atomic E-state index is 10.2. The van der Waals surface area contributed by atoms with Crippen LogP contribution in [0.4, 0.5) is 0 Å². The molecule has 0 aliphatic heterocycles. The summed E-state index contributed by atoms with van der Waals surface area (Å²) >= 11 is 0. The summed E-state index contributed by atoms with van der Waals surface area (Å²) in [5, 5.41) is 10.2. The average molecular weight is 393 g/mol. The number of phenolic OH excluding ortho intramolecular Hbond substituents is 1. The van der Waals surface area contributed by atoms with E-state index in [1.807, 2.05) is 19.0 Å². The minimum absolute atomic E-state index is 0.000459. The van der Waals surface area contributed by atoms with Crippen molar-refractivity contribution in [1.29, 1.82) is 0 Å². The van der Waals surface area contributed by atoms with Gasteiger partial charge in [-0.25, -0.2) is 0 Å². The molecule has 0 aliphatic carbocycles. The number of hydrogen-bond acceptors (Lipinski definition) is 3. The Morgan fingerprint density at radius 1 is 0.931 bits per heavy atom. The van der Waals surface area contributed by atoms with Crippen LogP contribution in [0.3, 0.4) is 0 Å². The normalized spacial score (nSPS) is 15.5. The van der Waals surface area contributed by atoms with Gasteiger partial charge in [0.2, 0.25) is 0 Å². The quantitative estimate of drug-likeness (QED) is 0.499. The largest absolute Gasteiger partial charge is 0.508 e. The summed E-state index contributed by atoms with van der Waals surface area (Å²) in [7, 11) is 3.92. The number of likely N-dealkylation sites (N-methyl/N-ethyl adjacent to an activating group) is 1. The van der Waals surface area contributed by atoms with Gasteiger partial charge in [-0.1, -0.05) is 61.4 Å². The van der Waals surface area contributed by atoms with Crippen molar-refractivity contribution in [2.24, 2.45) is 0 Å². The minimum Gasteiger partial charge on any atom is -0.508 e. The molecule has 0 heterocycles. The zero-order chi connectivity index (χ0) is 24.9. The topological polar surface area (TPSA) is 32.7 Å². The van der Waals surface area contributed by atoms with Gasteiger partial charge >= 0.3 is 0 Å². The maximum absolute atomic E-state index is 10.2. The number of allylic oxidation sites excluding steroid dienone is 1. The Bertz CT molecular complexity index is 1120. The van der Waals surface area contributed by atoms with Crippen LogP contribution in [0.15, 0.2) is 78.9 Å². The minimum atomic E-state index is -2.92. The first kappa shape index (κ1) is 14.9. The third-order valence-electron chi connectivity index (χ3n) is 4.52. The third kappa shape index (κ3) is 5.49. The van der Waals surface area contributed by atoms with Crippen LogP contribution >= 0.6 is 0 Å². The summed E-state index contributed by atoms with van der Waals surface area (Å²) < 4.78 is 47.1. The molecule has 3 aromatic carbocycles. The van der Waals surface area contributed by atoms with E-state index in [1.54, 1.807) is 66.7 Å². The first-order valence-electron chi connectivity index (χ1n) is 12.0. The molecule has 0 aromatic heterocycles. The SMILES string of the molecule is [2H]C([2H])([2H])C([2H])([2H])/C(=C(\c1ccc(OCCN(C)C)cc1)c1cccc(O)c1)c1ccccc1. The molecular weight excluding hydrogens is 358 g/mol. The highest BCUT2D eigenvalue weighted by Crippen LogP contribution is 2.35. The molecule has 1 N–H and O–H groups in total. The maximum Gasteiger partial charge on any atom is 0.119 e. The fourth-order valence-corrected chi connectivity index (χ4v) is 3.06. The van der Waals surface area contributed by atoms with Crippen LogP contribution < -0.4 is 4.74 Å². The lowest BCUT2D eigenvalue weighted by molar-refractivity contribution is 0.261. The van der Waals surface area contributed by atoms with E-state index in [1.165, 1.54) is 12.1 Å². The van der Waals surface area contributed by atoms with Crippen molar-refractivity contribution < 1.29 is 16.7 Å². The van der Waals surface area contributed by atoms with Crippen LogP contribution in [0.25, 0.3) is 11.1 Å². The summed E-state index contributed by atoms with van der Waals surface area (Å²) in [5.41, 5.74) is 1.99. The van der Waals surface area contributed by atoms with Crippen molar-refractivity contribution >= 4 is 11.1 Å². The number of aromatic hydroxyl groups is 1. The third-order valence-corrected chi connectivity index (χ3v) is 4.52. The molecule has 0 saturated carbocycles. The zero-order valence-corrected chi connectivity index (χ0v) is 16.7. The number of rotatable bonds is 8. The highest BCUT2D eigenvalue weighted by molar-refractivity contribution is 5.98. The molecule has 3 rings (SSSR count). The van der Waals surface area contributed by atoms with Gasteiger partial charge in [0.05, 0.1) is 0 Å².